The number of pyridine rings is 2. The van der Waals surface area contributed by atoms with E-state index in [0.717, 1.165) is 68.4 Å². The Morgan fingerprint density at radius 2 is 2.12 bits per heavy atom. The van der Waals surface area contributed by atoms with Gasteiger partial charge in [-0.05, 0) is 74.6 Å². The van der Waals surface area contributed by atoms with E-state index in [9.17, 15) is 9.59 Å². The van der Waals surface area contributed by atoms with E-state index in [2.05, 4.69) is 9.97 Å². The first-order chi connectivity index (χ1) is 12.7. The molecule has 4 rings (SSSR count). The summed E-state index contributed by atoms with van der Waals surface area (Å²) in [5, 5.41) is 0. The topological polar surface area (TPSA) is 66.1 Å². The minimum absolute atomic E-state index is 0.120. The average Bonchev–Trinajstić information content (AvgIpc) is 2.68. The maximum atomic E-state index is 13.0. The van der Waals surface area contributed by atoms with Crippen molar-refractivity contribution in [3.8, 4) is 0 Å². The Balaban J connectivity index is 1.50. The van der Waals surface area contributed by atoms with E-state index in [0.29, 0.717) is 18.0 Å². The summed E-state index contributed by atoms with van der Waals surface area (Å²) in [6.45, 7) is 1.43. The van der Waals surface area contributed by atoms with Crippen LogP contribution in [0.4, 0.5) is 0 Å². The number of aryl methyl sites for hydroxylation is 2. The number of amides is 1. The highest BCUT2D eigenvalue weighted by molar-refractivity contribution is 5.94. The Morgan fingerprint density at radius 1 is 1.23 bits per heavy atom. The van der Waals surface area contributed by atoms with Gasteiger partial charge in [0.05, 0.1) is 0 Å². The molecule has 3 heterocycles. The molecule has 5 heteroatoms. The Hall–Kier alpha value is -2.43. The number of nitrogens with one attached hydrogen (secondary N) is 1. The van der Waals surface area contributed by atoms with Crippen molar-refractivity contribution < 1.29 is 4.79 Å². The number of aromatic nitrogens is 2. The van der Waals surface area contributed by atoms with Crippen molar-refractivity contribution >= 4 is 5.91 Å². The predicted molar refractivity (Wildman–Crippen MR) is 100 cm³/mol. The number of hydrogen-bond acceptors (Lipinski definition) is 3. The zero-order valence-electron chi connectivity index (χ0n) is 15.0. The van der Waals surface area contributed by atoms with E-state index in [4.69, 9.17) is 0 Å². The van der Waals surface area contributed by atoms with E-state index >= 15 is 0 Å². The summed E-state index contributed by atoms with van der Waals surface area (Å²) in [4.78, 5) is 34.6. The zero-order valence-corrected chi connectivity index (χ0v) is 15.0. The first-order valence-electron chi connectivity index (χ1n) is 9.65. The molecule has 2 aromatic heterocycles. The third-order valence-corrected chi connectivity index (χ3v) is 5.60. The molecule has 1 saturated heterocycles. The van der Waals surface area contributed by atoms with Gasteiger partial charge in [0.15, 0.2) is 0 Å². The second-order valence-electron chi connectivity index (χ2n) is 7.51. The Morgan fingerprint density at radius 3 is 2.96 bits per heavy atom. The molecule has 1 aliphatic carbocycles. The van der Waals surface area contributed by atoms with Gasteiger partial charge in [-0.1, -0.05) is 6.07 Å². The summed E-state index contributed by atoms with van der Waals surface area (Å²) in [5.41, 5.74) is 3.30. The van der Waals surface area contributed by atoms with Gasteiger partial charge < -0.3 is 9.88 Å². The van der Waals surface area contributed by atoms with Gasteiger partial charge in [0, 0.05) is 30.7 Å². The Labute approximate surface area is 153 Å². The number of fused-ring (bicyclic) bond motifs is 1. The molecule has 136 valence electrons. The lowest BCUT2D eigenvalue weighted by Gasteiger charge is -2.32. The molecule has 0 spiro atoms. The number of carbonyl (C=O) groups excluding carboxylic acids is 1. The number of nitrogens with zero attached hydrogens (tertiary/aromatic N) is 2. The van der Waals surface area contributed by atoms with Crippen LogP contribution in [0.2, 0.25) is 0 Å². The summed E-state index contributed by atoms with van der Waals surface area (Å²) < 4.78 is 0. The lowest BCUT2D eigenvalue weighted by atomic mass is 9.92. The molecule has 1 N–H and O–H groups in total. The molecule has 1 unspecified atom stereocenters. The molecule has 2 aliphatic rings. The second-order valence-corrected chi connectivity index (χ2v) is 7.51. The van der Waals surface area contributed by atoms with E-state index in [1.54, 1.807) is 0 Å². The van der Waals surface area contributed by atoms with Crippen molar-refractivity contribution in [3.63, 3.8) is 0 Å². The molecule has 26 heavy (non-hydrogen) atoms. The van der Waals surface area contributed by atoms with E-state index in [1.165, 1.54) is 0 Å². The van der Waals surface area contributed by atoms with Gasteiger partial charge in [0.1, 0.15) is 5.56 Å². The molecular weight excluding hydrogens is 326 g/mol. The highest BCUT2D eigenvalue weighted by Crippen LogP contribution is 2.23. The highest BCUT2D eigenvalue weighted by atomic mass is 16.2. The summed E-state index contributed by atoms with van der Waals surface area (Å²) in [7, 11) is 0. The van der Waals surface area contributed by atoms with Crippen LogP contribution in [-0.2, 0) is 19.3 Å². The number of piperidine rings is 1. The molecule has 0 aromatic carbocycles. The number of rotatable bonds is 3. The molecule has 1 fully saturated rings. The van der Waals surface area contributed by atoms with Crippen LogP contribution in [0.25, 0.3) is 0 Å². The maximum Gasteiger partial charge on any atom is 0.261 e. The van der Waals surface area contributed by atoms with Crippen molar-refractivity contribution in [2.75, 3.05) is 13.1 Å². The minimum Gasteiger partial charge on any atom is -0.338 e. The zero-order chi connectivity index (χ0) is 17.9. The number of carbonyl (C=O) groups is 1. The Bertz CT molecular complexity index is 844. The molecule has 2 aromatic rings. The fourth-order valence-corrected chi connectivity index (χ4v) is 4.23. The van der Waals surface area contributed by atoms with Crippen molar-refractivity contribution in [1.82, 2.24) is 14.9 Å². The second kappa shape index (κ2) is 7.44. The van der Waals surface area contributed by atoms with Crippen LogP contribution in [0.15, 0.2) is 35.3 Å². The van der Waals surface area contributed by atoms with Crippen LogP contribution in [0.3, 0.4) is 0 Å². The smallest absolute Gasteiger partial charge is 0.261 e. The minimum atomic E-state index is -0.234. The van der Waals surface area contributed by atoms with Crippen LogP contribution in [0.5, 0.6) is 0 Å². The predicted octanol–water partition coefficient (Wildman–Crippen LogP) is 2.74. The largest absolute Gasteiger partial charge is 0.338 e. The number of hydrogen-bond donors (Lipinski definition) is 1. The fraction of sp³-hybridized carbons (Fsp3) is 0.476. The SMILES string of the molecule is O=C(c1cc2c([nH]c1=O)CCCC2)N1CCCC(Cc2ccccn2)C1. The quantitative estimate of drug-likeness (QED) is 0.925. The van der Waals surface area contributed by atoms with Gasteiger partial charge in [0.25, 0.3) is 11.5 Å². The Kier molecular flexibility index (Phi) is 4.87. The monoisotopic (exact) mass is 351 g/mol. The van der Waals surface area contributed by atoms with Gasteiger partial charge in [-0.2, -0.15) is 0 Å². The molecule has 0 bridgehead atoms. The van der Waals surface area contributed by atoms with Gasteiger partial charge in [0.2, 0.25) is 0 Å². The molecule has 1 amide bonds. The summed E-state index contributed by atoms with van der Waals surface area (Å²) in [5.74, 6) is 0.282. The average molecular weight is 351 g/mol. The first kappa shape index (κ1) is 17.0. The van der Waals surface area contributed by atoms with Gasteiger partial charge >= 0.3 is 0 Å². The molecule has 5 nitrogen and oxygen atoms in total. The lowest BCUT2D eigenvalue weighted by Crippen LogP contribution is -2.42. The normalized spacial score (nSPS) is 19.8. The summed E-state index contributed by atoms with van der Waals surface area (Å²) >= 11 is 0. The third kappa shape index (κ3) is 3.57. The van der Waals surface area contributed by atoms with Gasteiger partial charge in [-0.3, -0.25) is 14.6 Å². The van der Waals surface area contributed by atoms with Crippen LogP contribution < -0.4 is 5.56 Å². The van der Waals surface area contributed by atoms with Crippen molar-refractivity contribution in [1.29, 1.82) is 0 Å². The van der Waals surface area contributed by atoms with Gasteiger partial charge in [-0.25, -0.2) is 0 Å². The van der Waals surface area contributed by atoms with Crippen molar-refractivity contribution in [2.45, 2.75) is 44.9 Å². The van der Waals surface area contributed by atoms with Crippen LogP contribution in [0.1, 0.15) is 53.0 Å². The third-order valence-electron chi connectivity index (χ3n) is 5.60. The molecule has 1 aliphatic heterocycles. The lowest BCUT2D eigenvalue weighted by molar-refractivity contribution is 0.0670. The molecule has 0 saturated carbocycles. The summed E-state index contributed by atoms with van der Waals surface area (Å²) in [6, 6.07) is 7.80. The van der Waals surface area contributed by atoms with E-state index in [1.807, 2.05) is 35.4 Å². The maximum absolute atomic E-state index is 13.0. The van der Waals surface area contributed by atoms with E-state index in [-0.39, 0.29) is 11.5 Å². The molecule has 1 atom stereocenters. The van der Waals surface area contributed by atoms with Crippen molar-refractivity contribution in [3.05, 3.63) is 63.3 Å². The van der Waals surface area contributed by atoms with Crippen LogP contribution in [0, 0.1) is 5.92 Å². The van der Waals surface area contributed by atoms with Crippen LogP contribution >= 0.6 is 0 Å². The van der Waals surface area contributed by atoms with Crippen molar-refractivity contribution in [2.24, 2.45) is 5.92 Å². The molecule has 0 radical (unpaired) electrons. The molecular formula is C21H25N3O2. The first-order valence-corrected chi connectivity index (χ1v) is 9.65. The standard InChI is InChI=1S/C21H25N3O2/c25-20-18(13-16-7-1-2-9-19(16)23-20)21(26)24-11-5-6-15(14-24)12-17-8-3-4-10-22-17/h3-4,8,10,13,15H,1-2,5-7,9,11-12,14H2,(H,23,25). The van der Waals surface area contributed by atoms with Gasteiger partial charge in [-0.15, -0.1) is 0 Å². The number of H-pyrrole nitrogens is 1. The summed E-state index contributed by atoms with van der Waals surface area (Å²) in [6.07, 6.45) is 8.87. The number of aromatic amines is 1. The number of likely N-dealkylation sites (tertiary alicyclic amines) is 1. The fourth-order valence-electron chi connectivity index (χ4n) is 4.23. The van der Waals surface area contributed by atoms with E-state index < -0.39 is 0 Å². The highest BCUT2D eigenvalue weighted by Gasteiger charge is 2.27. The van der Waals surface area contributed by atoms with Crippen LogP contribution in [-0.4, -0.2) is 33.9 Å².